The van der Waals surface area contributed by atoms with Crippen LogP contribution >= 0.6 is 0 Å². The van der Waals surface area contributed by atoms with E-state index in [1.807, 2.05) is 0 Å². The molecular formula is C13H23N3OS. The van der Waals surface area contributed by atoms with Crippen LogP contribution in [0.15, 0.2) is 0 Å². The highest BCUT2D eigenvalue weighted by Crippen LogP contribution is 2.21. The molecule has 0 aliphatic carbocycles. The number of aromatic nitrogens is 2. The summed E-state index contributed by atoms with van der Waals surface area (Å²) in [6, 6.07) is 0.564. The zero-order chi connectivity index (χ0) is 13.3. The number of nitrogens with zero attached hydrogens (tertiary/aromatic N) is 3. The van der Waals surface area contributed by atoms with Crippen molar-refractivity contribution in [3.05, 3.63) is 17.0 Å². The predicted molar refractivity (Wildman–Crippen MR) is 74.9 cm³/mol. The van der Waals surface area contributed by atoms with Crippen molar-refractivity contribution in [2.75, 3.05) is 12.8 Å². The van der Waals surface area contributed by atoms with E-state index in [-0.39, 0.29) is 0 Å². The van der Waals surface area contributed by atoms with Gasteiger partial charge in [0.1, 0.15) is 0 Å². The van der Waals surface area contributed by atoms with Gasteiger partial charge in [-0.2, -0.15) is 5.10 Å². The highest BCUT2D eigenvalue weighted by atomic mass is 32.2. The van der Waals surface area contributed by atoms with E-state index in [0.29, 0.717) is 11.8 Å². The van der Waals surface area contributed by atoms with Gasteiger partial charge in [0.2, 0.25) is 0 Å². The number of hydrogen-bond acceptors (Lipinski definition) is 3. The maximum Gasteiger partial charge on any atom is 0.0781 e. The summed E-state index contributed by atoms with van der Waals surface area (Å²) < 4.78 is 13.5. The predicted octanol–water partition coefficient (Wildman–Crippen LogP) is 1.68. The van der Waals surface area contributed by atoms with Crippen molar-refractivity contribution >= 4 is 10.8 Å². The molecule has 0 saturated heterocycles. The van der Waals surface area contributed by atoms with Gasteiger partial charge in [0.25, 0.3) is 0 Å². The standard InChI is InChI=1S/C13H23N3OS/c1-10(2)15-6-5-7-16-13(8-15)11(3)12(14-16)9-18(4)17/h10H,5-9H2,1-4H3. The molecule has 1 unspecified atom stereocenters. The van der Waals surface area contributed by atoms with Crippen LogP contribution in [-0.4, -0.2) is 37.7 Å². The Bertz CT molecular complexity index is 453. The average Bonchev–Trinajstić information content (AvgIpc) is 2.50. The lowest BCUT2D eigenvalue weighted by atomic mass is 10.2. The number of aryl methyl sites for hydroxylation is 1. The second-order valence-corrected chi connectivity index (χ2v) is 6.81. The Hall–Kier alpha value is -0.680. The molecule has 0 N–H and O–H groups in total. The fourth-order valence-electron chi connectivity index (χ4n) is 2.49. The molecule has 0 fully saturated rings. The second kappa shape index (κ2) is 5.53. The number of fused-ring (bicyclic) bond motifs is 1. The van der Waals surface area contributed by atoms with Crippen LogP contribution in [0.2, 0.25) is 0 Å². The maximum absolute atomic E-state index is 11.4. The molecule has 1 aromatic rings. The average molecular weight is 269 g/mol. The minimum absolute atomic E-state index is 0.564. The molecule has 0 radical (unpaired) electrons. The van der Waals surface area contributed by atoms with Crippen molar-refractivity contribution in [1.29, 1.82) is 0 Å². The van der Waals surface area contributed by atoms with Gasteiger partial charge in [-0.25, -0.2) is 0 Å². The molecule has 102 valence electrons. The molecule has 0 bridgehead atoms. The Balaban J connectivity index is 2.29. The number of hydrogen-bond donors (Lipinski definition) is 0. The van der Waals surface area contributed by atoms with E-state index in [2.05, 4.69) is 35.5 Å². The van der Waals surface area contributed by atoms with Crippen LogP contribution in [-0.2, 0) is 29.6 Å². The molecule has 0 aromatic carbocycles. The van der Waals surface area contributed by atoms with E-state index in [1.165, 1.54) is 11.3 Å². The smallest absolute Gasteiger partial charge is 0.0781 e. The van der Waals surface area contributed by atoms with E-state index in [0.717, 1.165) is 31.7 Å². The Labute approximate surface area is 112 Å². The molecule has 4 nitrogen and oxygen atoms in total. The fourth-order valence-corrected chi connectivity index (χ4v) is 3.15. The van der Waals surface area contributed by atoms with Gasteiger partial charge in [0.15, 0.2) is 0 Å². The van der Waals surface area contributed by atoms with E-state index in [1.54, 1.807) is 6.26 Å². The van der Waals surface area contributed by atoms with Gasteiger partial charge in [-0.1, -0.05) is 0 Å². The van der Waals surface area contributed by atoms with Crippen molar-refractivity contribution in [1.82, 2.24) is 14.7 Å². The molecule has 5 heteroatoms. The lowest BCUT2D eigenvalue weighted by Crippen LogP contribution is -2.30. The zero-order valence-corrected chi connectivity index (χ0v) is 12.6. The normalized spacial score (nSPS) is 18.7. The van der Waals surface area contributed by atoms with Gasteiger partial charge in [0, 0.05) is 42.7 Å². The van der Waals surface area contributed by atoms with E-state index < -0.39 is 10.8 Å². The lowest BCUT2D eigenvalue weighted by Gasteiger charge is -2.24. The summed E-state index contributed by atoms with van der Waals surface area (Å²) >= 11 is 0. The van der Waals surface area contributed by atoms with Crippen molar-refractivity contribution in [3.63, 3.8) is 0 Å². The summed E-state index contributed by atoms with van der Waals surface area (Å²) in [5, 5.41) is 4.64. The summed E-state index contributed by atoms with van der Waals surface area (Å²) in [7, 11) is -0.817. The molecule has 0 spiro atoms. The molecule has 2 rings (SSSR count). The van der Waals surface area contributed by atoms with Crippen molar-refractivity contribution in [3.8, 4) is 0 Å². The SMILES string of the molecule is Cc1c(CS(C)=O)nn2c1CN(C(C)C)CCC2. The van der Waals surface area contributed by atoms with Crippen LogP contribution in [0.1, 0.15) is 37.2 Å². The molecule has 2 heterocycles. The molecular weight excluding hydrogens is 246 g/mol. The monoisotopic (exact) mass is 269 g/mol. The first-order valence-corrected chi connectivity index (χ1v) is 8.31. The van der Waals surface area contributed by atoms with Gasteiger partial charge in [0.05, 0.1) is 17.1 Å². The Morgan fingerprint density at radius 3 is 2.72 bits per heavy atom. The topological polar surface area (TPSA) is 38.1 Å². The van der Waals surface area contributed by atoms with Gasteiger partial charge >= 0.3 is 0 Å². The molecule has 1 aromatic heterocycles. The molecule has 1 aliphatic rings. The van der Waals surface area contributed by atoms with Crippen molar-refractivity contribution in [2.45, 2.75) is 52.1 Å². The second-order valence-electron chi connectivity index (χ2n) is 5.38. The highest BCUT2D eigenvalue weighted by molar-refractivity contribution is 7.83. The molecule has 0 saturated carbocycles. The van der Waals surface area contributed by atoms with E-state index in [4.69, 9.17) is 0 Å². The summed E-state index contributed by atoms with van der Waals surface area (Å²) in [4.78, 5) is 2.49. The summed E-state index contributed by atoms with van der Waals surface area (Å²) in [6.07, 6.45) is 2.88. The first kappa shape index (κ1) is 13.7. The van der Waals surface area contributed by atoms with Gasteiger partial charge < -0.3 is 0 Å². The lowest BCUT2D eigenvalue weighted by molar-refractivity contribution is 0.216. The third-order valence-corrected chi connectivity index (χ3v) is 4.34. The minimum atomic E-state index is -0.817. The van der Waals surface area contributed by atoms with Crippen LogP contribution in [0.4, 0.5) is 0 Å². The molecule has 18 heavy (non-hydrogen) atoms. The molecule has 1 aliphatic heterocycles. The van der Waals surface area contributed by atoms with Crippen molar-refractivity contribution in [2.24, 2.45) is 0 Å². The summed E-state index contributed by atoms with van der Waals surface area (Å²) in [6.45, 7) is 9.68. The first-order chi connectivity index (χ1) is 8.49. The first-order valence-electron chi connectivity index (χ1n) is 6.58. The van der Waals surface area contributed by atoms with Gasteiger partial charge in [-0.05, 0) is 32.8 Å². The van der Waals surface area contributed by atoms with Crippen LogP contribution in [0.25, 0.3) is 0 Å². The van der Waals surface area contributed by atoms with Gasteiger partial charge in [-0.15, -0.1) is 0 Å². The highest BCUT2D eigenvalue weighted by Gasteiger charge is 2.21. The summed E-state index contributed by atoms with van der Waals surface area (Å²) in [5.41, 5.74) is 3.55. The largest absolute Gasteiger partial charge is 0.295 e. The Morgan fingerprint density at radius 2 is 2.11 bits per heavy atom. The fraction of sp³-hybridized carbons (Fsp3) is 0.769. The Kier molecular flexibility index (Phi) is 4.22. The van der Waals surface area contributed by atoms with Crippen LogP contribution in [0, 0.1) is 6.92 Å². The quantitative estimate of drug-likeness (QED) is 0.838. The van der Waals surface area contributed by atoms with E-state index >= 15 is 0 Å². The van der Waals surface area contributed by atoms with Crippen LogP contribution in [0.5, 0.6) is 0 Å². The number of rotatable bonds is 3. The van der Waals surface area contributed by atoms with E-state index in [9.17, 15) is 4.21 Å². The minimum Gasteiger partial charge on any atom is -0.295 e. The summed E-state index contributed by atoms with van der Waals surface area (Å²) in [5.74, 6) is 0.577. The van der Waals surface area contributed by atoms with Gasteiger partial charge in [-0.3, -0.25) is 13.8 Å². The van der Waals surface area contributed by atoms with Crippen LogP contribution in [0.3, 0.4) is 0 Å². The maximum atomic E-state index is 11.4. The third kappa shape index (κ3) is 2.83. The van der Waals surface area contributed by atoms with Crippen molar-refractivity contribution < 1.29 is 4.21 Å². The molecule has 1 atom stereocenters. The third-order valence-electron chi connectivity index (χ3n) is 3.66. The molecule has 0 amide bonds. The zero-order valence-electron chi connectivity index (χ0n) is 11.8. The Morgan fingerprint density at radius 1 is 1.39 bits per heavy atom. The van der Waals surface area contributed by atoms with Crippen LogP contribution < -0.4 is 0 Å².